The lowest BCUT2D eigenvalue weighted by Crippen LogP contribution is -2.59. The quantitative estimate of drug-likeness (QED) is 0.508. The number of carbonyl (C=O) groups is 1. The number of ketones is 1. The number of carbonyl (C=O) groups excluding carboxylic acids is 1. The van der Waals surface area contributed by atoms with Gasteiger partial charge in [0.05, 0.1) is 11.0 Å². The summed E-state index contributed by atoms with van der Waals surface area (Å²) in [4.78, 5) is 33.2. The number of fused-ring (bicyclic) bond motifs is 5. The van der Waals surface area contributed by atoms with E-state index in [1.807, 2.05) is 28.8 Å². The third-order valence-corrected chi connectivity index (χ3v) is 10.0. The van der Waals surface area contributed by atoms with E-state index in [1.54, 1.807) is 0 Å². The summed E-state index contributed by atoms with van der Waals surface area (Å²) in [5, 5.41) is 0. The van der Waals surface area contributed by atoms with Crippen molar-refractivity contribution < 1.29 is 4.79 Å². The highest BCUT2D eigenvalue weighted by Crippen LogP contribution is 2.49. The highest BCUT2D eigenvalue weighted by Gasteiger charge is 2.46. The van der Waals surface area contributed by atoms with Crippen LogP contribution in [0, 0.1) is 23.7 Å². The topological polar surface area (TPSA) is 55.2 Å². The molecule has 0 amide bonds. The van der Waals surface area contributed by atoms with Crippen LogP contribution in [0.15, 0.2) is 29.1 Å². The maximum Gasteiger partial charge on any atom is 0.280 e. The van der Waals surface area contributed by atoms with Crippen molar-refractivity contribution in [2.24, 2.45) is 23.7 Å². The van der Waals surface area contributed by atoms with E-state index >= 15 is 0 Å². The number of piperidine rings is 2. The summed E-state index contributed by atoms with van der Waals surface area (Å²) >= 11 is 0. The van der Waals surface area contributed by atoms with E-state index < -0.39 is 0 Å². The molecule has 4 bridgehead atoms. The van der Waals surface area contributed by atoms with E-state index in [4.69, 9.17) is 0 Å². The Morgan fingerprint density at radius 1 is 0.886 bits per heavy atom. The van der Waals surface area contributed by atoms with E-state index in [-0.39, 0.29) is 23.1 Å². The molecule has 2 saturated carbocycles. The Balaban J connectivity index is 1.29. The predicted octanol–water partition coefficient (Wildman–Crippen LogP) is 6.01. The smallest absolute Gasteiger partial charge is 0.280 e. The zero-order chi connectivity index (χ0) is 24.3. The zero-order valence-electron chi connectivity index (χ0n) is 21.7. The van der Waals surface area contributed by atoms with Crippen molar-refractivity contribution in [3.63, 3.8) is 0 Å². The zero-order valence-corrected chi connectivity index (χ0v) is 21.7. The molecule has 5 heteroatoms. The molecule has 188 valence electrons. The average molecular weight is 476 g/mol. The van der Waals surface area contributed by atoms with E-state index in [0.29, 0.717) is 12.1 Å². The Hall–Kier alpha value is -2.01. The van der Waals surface area contributed by atoms with Crippen LogP contribution in [0.25, 0.3) is 11.0 Å². The van der Waals surface area contributed by atoms with Crippen molar-refractivity contribution >= 4 is 16.8 Å². The van der Waals surface area contributed by atoms with Gasteiger partial charge in [-0.05, 0) is 93.6 Å². The molecule has 0 radical (unpaired) electrons. The minimum Gasteiger partial charge on any atom is -0.302 e. The minimum atomic E-state index is -0.236. The van der Waals surface area contributed by atoms with Gasteiger partial charge in [-0.15, -0.1) is 0 Å². The summed E-state index contributed by atoms with van der Waals surface area (Å²) in [6.07, 6.45) is 12.9. The predicted molar refractivity (Wildman–Crippen MR) is 140 cm³/mol. The van der Waals surface area contributed by atoms with Crippen LogP contribution in [0.5, 0.6) is 0 Å². The summed E-state index contributed by atoms with van der Waals surface area (Å²) in [5.74, 6) is 3.32. The number of aromatic nitrogens is 2. The number of benzene rings is 1. The Kier molecular flexibility index (Phi) is 6.11. The molecular formula is C30H41N3O2. The molecule has 1 aromatic carbocycles. The molecule has 2 aliphatic heterocycles. The van der Waals surface area contributed by atoms with Crippen LogP contribution in [-0.4, -0.2) is 38.4 Å². The number of Topliss-reactive ketones (excluding diaryl/α,β-unsaturated/α-hetero) is 1. The summed E-state index contributed by atoms with van der Waals surface area (Å²) in [5.41, 5.74) is 1.53. The number of hydrogen-bond acceptors (Lipinski definition) is 4. The van der Waals surface area contributed by atoms with E-state index in [2.05, 4.69) is 23.7 Å². The molecule has 2 aromatic rings. The van der Waals surface area contributed by atoms with Gasteiger partial charge in [0.15, 0.2) is 11.5 Å². The SMILES string of the molecule is CC(=O)c1nc2ccccc2n(C2CC3CCCC(C2)N3C2CC3CC(CC(C(C)C)C3)C2)c1=O. The van der Waals surface area contributed by atoms with Crippen LogP contribution in [0.2, 0.25) is 0 Å². The second-order valence-electron chi connectivity index (χ2n) is 12.6. The summed E-state index contributed by atoms with van der Waals surface area (Å²) in [6.45, 7) is 6.30. The Bertz CT molecular complexity index is 1140. The summed E-state index contributed by atoms with van der Waals surface area (Å²) in [7, 11) is 0. The summed E-state index contributed by atoms with van der Waals surface area (Å²) in [6, 6.07) is 9.83. The fraction of sp³-hybridized carbons (Fsp3) is 0.700. The van der Waals surface area contributed by atoms with Gasteiger partial charge in [0.25, 0.3) is 5.56 Å². The maximum atomic E-state index is 13.5. The van der Waals surface area contributed by atoms with Gasteiger partial charge in [-0.1, -0.05) is 32.4 Å². The van der Waals surface area contributed by atoms with Crippen molar-refractivity contribution in [1.82, 2.24) is 14.5 Å². The minimum absolute atomic E-state index is 0.0936. The van der Waals surface area contributed by atoms with Gasteiger partial charge in [-0.3, -0.25) is 14.5 Å². The molecule has 6 rings (SSSR count). The van der Waals surface area contributed by atoms with Gasteiger partial charge >= 0.3 is 0 Å². The first-order valence-corrected chi connectivity index (χ1v) is 14.2. The maximum absolute atomic E-state index is 13.5. The molecule has 35 heavy (non-hydrogen) atoms. The first-order chi connectivity index (χ1) is 16.9. The lowest BCUT2D eigenvalue weighted by molar-refractivity contribution is -0.0554. The van der Waals surface area contributed by atoms with Crippen LogP contribution in [0.4, 0.5) is 0 Å². The Labute approximate surface area is 209 Å². The molecule has 0 spiro atoms. The number of hydrogen-bond donors (Lipinski definition) is 0. The van der Waals surface area contributed by atoms with Crippen LogP contribution < -0.4 is 5.56 Å². The molecule has 4 aliphatic rings. The summed E-state index contributed by atoms with van der Waals surface area (Å²) < 4.78 is 1.95. The van der Waals surface area contributed by atoms with Crippen LogP contribution in [0.3, 0.4) is 0 Å². The fourth-order valence-corrected chi connectivity index (χ4v) is 8.60. The van der Waals surface area contributed by atoms with Gasteiger partial charge in [0.1, 0.15) is 0 Å². The molecule has 0 N–H and O–H groups in total. The largest absolute Gasteiger partial charge is 0.302 e. The molecule has 3 heterocycles. The third-order valence-electron chi connectivity index (χ3n) is 10.0. The van der Waals surface area contributed by atoms with Crippen LogP contribution >= 0.6 is 0 Å². The van der Waals surface area contributed by atoms with Crippen LogP contribution in [0.1, 0.15) is 102 Å². The first kappa shape index (κ1) is 23.4. The molecule has 4 unspecified atom stereocenters. The highest BCUT2D eigenvalue weighted by molar-refractivity contribution is 5.93. The lowest BCUT2D eigenvalue weighted by atomic mass is 9.63. The van der Waals surface area contributed by atoms with Gasteiger partial charge in [-0.25, -0.2) is 4.98 Å². The first-order valence-electron chi connectivity index (χ1n) is 14.2. The van der Waals surface area contributed by atoms with Gasteiger partial charge in [0.2, 0.25) is 0 Å². The van der Waals surface area contributed by atoms with Crippen molar-refractivity contribution in [1.29, 1.82) is 0 Å². The average Bonchev–Trinajstić information content (AvgIpc) is 2.82. The second kappa shape index (κ2) is 9.14. The van der Waals surface area contributed by atoms with Crippen LogP contribution in [-0.2, 0) is 0 Å². The van der Waals surface area contributed by atoms with Crippen molar-refractivity contribution in [3.05, 3.63) is 40.3 Å². The van der Waals surface area contributed by atoms with Crippen molar-refractivity contribution in [2.45, 2.75) is 109 Å². The van der Waals surface area contributed by atoms with Crippen molar-refractivity contribution in [3.8, 4) is 0 Å². The van der Waals surface area contributed by atoms with Crippen molar-refractivity contribution in [2.75, 3.05) is 0 Å². The van der Waals surface area contributed by atoms with Gasteiger partial charge in [0, 0.05) is 31.1 Å². The fourth-order valence-electron chi connectivity index (χ4n) is 8.60. The molecule has 2 aliphatic carbocycles. The standard InChI is InChI=1S/C30H41N3O2/c1-18(2)22-12-20-11-21(13-22)15-25(14-20)32-23-7-6-8-24(32)17-26(16-23)33-28-10-5-4-9-27(28)31-29(19(3)34)30(33)35/h4-5,9-10,18,20-26H,6-8,11-17H2,1-3H3. The Morgan fingerprint density at radius 3 is 2.17 bits per heavy atom. The number of rotatable bonds is 4. The molecular weight excluding hydrogens is 434 g/mol. The molecule has 2 saturated heterocycles. The molecule has 4 atom stereocenters. The highest BCUT2D eigenvalue weighted by atomic mass is 16.1. The van der Waals surface area contributed by atoms with Gasteiger partial charge < -0.3 is 4.57 Å². The van der Waals surface area contributed by atoms with E-state index in [1.165, 1.54) is 58.3 Å². The Morgan fingerprint density at radius 2 is 1.54 bits per heavy atom. The van der Waals surface area contributed by atoms with E-state index in [0.717, 1.165) is 53.6 Å². The van der Waals surface area contributed by atoms with Gasteiger partial charge in [-0.2, -0.15) is 0 Å². The monoisotopic (exact) mass is 475 g/mol. The van der Waals surface area contributed by atoms with E-state index in [9.17, 15) is 9.59 Å². The normalized spacial score (nSPS) is 35.4. The number of para-hydroxylation sites is 2. The second-order valence-corrected chi connectivity index (χ2v) is 12.6. The molecule has 5 nitrogen and oxygen atoms in total. The number of nitrogens with zero attached hydrogens (tertiary/aromatic N) is 3. The lowest BCUT2D eigenvalue weighted by Gasteiger charge is -2.56. The molecule has 4 fully saturated rings. The molecule has 1 aromatic heterocycles. The third kappa shape index (κ3) is 4.18.